The van der Waals surface area contributed by atoms with E-state index in [9.17, 15) is 8.78 Å². The topological polar surface area (TPSA) is 35.2 Å². The molecule has 0 saturated carbocycles. The second kappa shape index (κ2) is 5.04. The molecule has 0 spiro atoms. The van der Waals surface area contributed by atoms with Gasteiger partial charge >= 0.3 is 0 Å². The summed E-state index contributed by atoms with van der Waals surface area (Å²) in [5, 5.41) is 0.0459. The summed E-state index contributed by atoms with van der Waals surface area (Å²) in [5.41, 5.74) is 7.46. The third-order valence-electron chi connectivity index (χ3n) is 3.42. The smallest absolute Gasteiger partial charge is 0.141 e. The van der Waals surface area contributed by atoms with Crippen LogP contribution in [-0.2, 0) is 0 Å². The van der Waals surface area contributed by atoms with Crippen LogP contribution in [0.1, 0.15) is 29.7 Å². The standard InChI is InChI=1S/C15H12ClF2NO/c16-11-5-8(1-3-12(11)18)15-7-13(19)10-6-9(17)2-4-14(10)20-15/h1-6,13,15H,7,19H2. The van der Waals surface area contributed by atoms with E-state index in [1.807, 2.05) is 0 Å². The maximum absolute atomic E-state index is 13.2. The van der Waals surface area contributed by atoms with Crippen molar-refractivity contribution < 1.29 is 13.5 Å². The van der Waals surface area contributed by atoms with Crippen molar-refractivity contribution in [2.75, 3.05) is 0 Å². The molecule has 3 rings (SSSR count). The molecule has 0 saturated heterocycles. The van der Waals surface area contributed by atoms with Crippen LogP contribution in [0.3, 0.4) is 0 Å². The van der Waals surface area contributed by atoms with Crippen molar-refractivity contribution in [3.8, 4) is 5.75 Å². The van der Waals surface area contributed by atoms with Crippen molar-refractivity contribution in [2.45, 2.75) is 18.6 Å². The van der Waals surface area contributed by atoms with Crippen LogP contribution in [-0.4, -0.2) is 0 Å². The minimum atomic E-state index is -0.474. The Hall–Kier alpha value is -1.65. The first-order valence-corrected chi connectivity index (χ1v) is 6.59. The third kappa shape index (κ3) is 2.37. The van der Waals surface area contributed by atoms with Crippen LogP contribution < -0.4 is 10.5 Å². The van der Waals surface area contributed by atoms with E-state index in [2.05, 4.69) is 0 Å². The van der Waals surface area contributed by atoms with Crippen LogP contribution in [0.15, 0.2) is 36.4 Å². The van der Waals surface area contributed by atoms with Crippen molar-refractivity contribution in [1.29, 1.82) is 0 Å². The lowest BCUT2D eigenvalue weighted by Gasteiger charge is -2.30. The molecule has 0 radical (unpaired) electrons. The Morgan fingerprint density at radius 3 is 2.70 bits per heavy atom. The summed E-state index contributed by atoms with van der Waals surface area (Å²) in [7, 11) is 0. The summed E-state index contributed by atoms with van der Waals surface area (Å²) in [6.45, 7) is 0. The molecule has 2 nitrogen and oxygen atoms in total. The predicted octanol–water partition coefficient (Wildman–Crippen LogP) is 4.14. The molecule has 1 aliphatic rings. The lowest BCUT2D eigenvalue weighted by molar-refractivity contribution is 0.161. The highest BCUT2D eigenvalue weighted by atomic mass is 35.5. The van der Waals surface area contributed by atoms with Gasteiger partial charge in [-0.25, -0.2) is 8.78 Å². The number of nitrogens with two attached hydrogens (primary N) is 1. The van der Waals surface area contributed by atoms with Crippen LogP contribution in [0, 0.1) is 11.6 Å². The van der Waals surface area contributed by atoms with Crippen LogP contribution in [0.4, 0.5) is 8.78 Å². The van der Waals surface area contributed by atoms with E-state index in [4.69, 9.17) is 22.1 Å². The zero-order chi connectivity index (χ0) is 14.3. The van der Waals surface area contributed by atoms with Crippen LogP contribution in [0.2, 0.25) is 5.02 Å². The lowest BCUT2D eigenvalue weighted by atomic mass is 9.93. The fourth-order valence-corrected chi connectivity index (χ4v) is 2.58. The molecule has 0 aromatic heterocycles. The Bertz CT molecular complexity index is 662. The zero-order valence-corrected chi connectivity index (χ0v) is 11.2. The Balaban J connectivity index is 1.94. The maximum atomic E-state index is 13.2. The molecule has 2 aromatic carbocycles. The van der Waals surface area contributed by atoms with Crippen molar-refractivity contribution in [2.24, 2.45) is 5.73 Å². The Kier molecular flexibility index (Phi) is 3.36. The fourth-order valence-electron chi connectivity index (χ4n) is 2.39. The van der Waals surface area contributed by atoms with Crippen LogP contribution in [0.25, 0.3) is 0 Å². The minimum Gasteiger partial charge on any atom is -0.485 e. The van der Waals surface area contributed by atoms with Crippen molar-refractivity contribution in [1.82, 2.24) is 0 Å². The first kappa shape index (κ1) is 13.3. The van der Waals surface area contributed by atoms with Gasteiger partial charge in [-0.1, -0.05) is 17.7 Å². The number of fused-ring (bicyclic) bond motifs is 1. The van der Waals surface area contributed by atoms with E-state index < -0.39 is 5.82 Å². The number of hydrogen-bond acceptors (Lipinski definition) is 2. The summed E-state index contributed by atoms with van der Waals surface area (Å²) in [5.74, 6) is -0.264. The molecule has 5 heteroatoms. The first-order chi connectivity index (χ1) is 9.54. The van der Waals surface area contributed by atoms with Gasteiger partial charge in [0.1, 0.15) is 23.5 Å². The molecule has 2 aromatic rings. The lowest BCUT2D eigenvalue weighted by Crippen LogP contribution is -2.24. The second-order valence-electron chi connectivity index (χ2n) is 4.80. The molecule has 0 fully saturated rings. The number of hydrogen-bond donors (Lipinski definition) is 1. The van der Waals surface area contributed by atoms with Crippen molar-refractivity contribution in [3.63, 3.8) is 0 Å². The zero-order valence-electron chi connectivity index (χ0n) is 10.4. The number of halogens is 3. The molecule has 1 aliphatic heterocycles. The maximum Gasteiger partial charge on any atom is 0.141 e. The SMILES string of the molecule is NC1CC(c2ccc(F)c(Cl)c2)Oc2ccc(F)cc21. The Labute approximate surface area is 120 Å². The highest BCUT2D eigenvalue weighted by Crippen LogP contribution is 2.40. The van der Waals surface area contributed by atoms with E-state index in [1.165, 1.54) is 24.3 Å². The van der Waals surface area contributed by atoms with Gasteiger partial charge < -0.3 is 10.5 Å². The summed E-state index contributed by atoms with van der Waals surface area (Å²) >= 11 is 5.78. The van der Waals surface area contributed by atoms with Crippen LogP contribution >= 0.6 is 11.6 Å². The Morgan fingerprint density at radius 1 is 1.15 bits per heavy atom. The summed E-state index contributed by atoms with van der Waals surface area (Å²) in [4.78, 5) is 0. The van der Waals surface area contributed by atoms with Gasteiger partial charge in [0, 0.05) is 18.0 Å². The summed E-state index contributed by atoms with van der Waals surface area (Å²) in [6.07, 6.45) is 0.166. The van der Waals surface area contributed by atoms with E-state index in [1.54, 1.807) is 12.1 Å². The van der Waals surface area contributed by atoms with Gasteiger partial charge in [0.25, 0.3) is 0 Å². The Morgan fingerprint density at radius 2 is 1.95 bits per heavy atom. The molecule has 0 amide bonds. The van der Waals surface area contributed by atoms with Gasteiger partial charge in [0.2, 0.25) is 0 Å². The van der Waals surface area contributed by atoms with Gasteiger partial charge in [-0.15, -0.1) is 0 Å². The molecule has 2 atom stereocenters. The molecule has 0 bridgehead atoms. The van der Waals surface area contributed by atoms with Gasteiger partial charge in [-0.05, 0) is 35.9 Å². The predicted molar refractivity (Wildman–Crippen MR) is 72.7 cm³/mol. The number of rotatable bonds is 1. The van der Waals surface area contributed by atoms with Gasteiger partial charge in [-0.3, -0.25) is 0 Å². The quantitative estimate of drug-likeness (QED) is 0.858. The fraction of sp³-hybridized carbons (Fsp3) is 0.200. The second-order valence-corrected chi connectivity index (χ2v) is 5.21. The molecule has 1 heterocycles. The van der Waals surface area contributed by atoms with E-state index in [0.29, 0.717) is 17.7 Å². The summed E-state index contributed by atoms with van der Waals surface area (Å²) in [6, 6.07) is 8.38. The van der Waals surface area contributed by atoms with Crippen molar-refractivity contribution >= 4 is 11.6 Å². The van der Waals surface area contributed by atoms with Gasteiger partial charge in [-0.2, -0.15) is 0 Å². The molecular formula is C15H12ClF2NO. The highest BCUT2D eigenvalue weighted by molar-refractivity contribution is 6.30. The first-order valence-electron chi connectivity index (χ1n) is 6.21. The molecule has 104 valence electrons. The average molecular weight is 296 g/mol. The molecule has 2 unspecified atom stereocenters. The molecule has 2 N–H and O–H groups in total. The van der Waals surface area contributed by atoms with E-state index in [0.717, 1.165) is 5.56 Å². The highest BCUT2D eigenvalue weighted by Gasteiger charge is 2.27. The van der Waals surface area contributed by atoms with Gasteiger partial charge in [0.05, 0.1) is 5.02 Å². The monoisotopic (exact) mass is 295 g/mol. The number of benzene rings is 2. The molecule has 0 aliphatic carbocycles. The van der Waals surface area contributed by atoms with E-state index >= 15 is 0 Å². The normalized spacial score (nSPS) is 21.2. The van der Waals surface area contributed by atoms with Crippen LogP contribution in [0.5, 0.6) is 5.75 Å². The molecule has 20 heavy (non-hydrogen) atoms. The molecular weight excluding hydrogens is 284 g/mol. The largest absolute Gasteiger partial charge is 0.485 e. The average Bonchev–Trinajstić information content (AvgIpc) is 2.42. The minimum absolute atomic E-state index is 0.0459. The van der Waals surface area contributed by atoms with Gasteiger partial charge in [0.15, 0.2) is 0 Å². The number of ether oxygens (including phenoxy) is 1. The third-order valence-corrected chi connectivity index (χ3v) is 3.71. The van der Waals surface area contributed by atoms with Crippen molar-refractivity contribution in [3.05, 3.63) is 64.2 Å². The summed E-state index contributed by atoms with van der Waals surface area (Å²) < 4.78 is 32.2. The van der Waals surface area contributed by atoms with E-state index in [-0.39, 0.29) is 23.0 Å².